The van der Waals surface area contributed by atoms with Crippen molar-refractivity contribution in [1.29, 1.82) is 0 Å². The lowest BCUT2D eigenvalue weighted by Crippen LogP contribution is -2.41. The first kappa shape index (κ1) is 22.7. The molecule has 1 fully saturated rings. The Balaban J connectivity index is 0.00000256. The van der Waals surface area contributed by atoms with Crippen molar-refractivity contribution in [2.24, 2.45) is 10.7 Å². The van der Waals surface area contributed by atoms with Gasteiger partial charge in [0.05, 0.1) is 26.3 Å². The zero-order valence-electron chi connectivity index (χ0n) is 17.3. The summed E-state index contributed by atoms with van der Waals surface area (Å²) in [7, 11) is 1.68. The van der Waals surface area contributed by atoms with E-state index in [0.29, 0.717) is 19.1 Å². The predicted octanol–water partition coefficient (Wildman–Crippen LogP) is 3.79. The van der Waals surface area contributed by atoms with E-state index >= 15 is 0 Å². The van der Waals surface area contributed by atoms with E-state index in [2.05, 4.69) is 23.5 Å². The molecule has 0 radical (unpaired) electrons. The third-order valence-electron chi connectivity index (χ3n) is 5.98. The molecule has 2 heterocycles. The van der Waals surface area contributed by atoms with Crippen LogP contribution in [0.5, 0.6) is 11.5 Å². The van der Waals surface area contributed by atoms with Gasteiger partial charge in [-0.3, -0.25) is 4.99 Å². The summed E-state index contributed by atoms with van der Waals surface area (Å²) in [4.78, 5) is 4.76. The van der Waals surface area contributed by atoms with Crippen LogP contribution in [0.15, 0.2) is 53.5 Å². The van der Waals surface area contributed by atoms with Crippen molar-refractivity contribution in [3.63, 3.8) is 0 Å². The molecule has 2 aliphatic rings. The van der Waals surface area contributed by atoms with Crippen LogP contribution in [0.1, 0.15) is 36.4 Å². The predicted molar refractivity (Wildman–Crippen MR) is 129 cm³/mol. The minimum absolute atomic E-state index is 0. The Morgan fingerprint density at radius 3 is 2.60 bits per heavy atom. The van der Waals surface area contributed by atoms with Gasteiger partial charge < -0.3 is 25.3 Å². The van der Waals surface area contributed by atoms with Crippen LogP contribution in [0.25, 0.3) is 0 Å². The second-order valence-corrected chi connectivity index (χ2v) is 7.69. The standard InChI is InChI=1S/C23H29N3O3.HI/c1-27-18-8-6-17(7-9-18)23(11-14-28-15-12-23)16-25-22(24)26-20-10-13-29-21-5-3-2-4-19(20)21;/h2-9,20H,10-16H2,1H3,(H3,24,25,26);1H. The summed E-state index contributed by atoms with van der Waals surface area (Å²) in [5.74, 6) is 2.26. The maximum Gasteiger partial charge on any atom is 0.189 e. The molecule has 4 rings (SSSR count). The van der Waals surface area contributed by atoms with Crippen LogP contribution >= 0.6 is 24.0 Å². The highest BCUT2D eigenvalue weighted by molar-refractivity contribution is 14.0. The van der Waals surface area contributed by atoms with Crippen LogP contribution in [-0.4, -0.2) is 39.4 Å². The van der Waals surface area contributed by atoms with E-state index in [1.54, 1.807) is 7.11 Å². The number of guanidine groups is 1. The smallest absolute Gasteiger partial charge is 0.189 e. The van der Waals surface area contributed by atoms with Gasteiger partial charge in [0.1, 0.15) is 11.5 Å². The van der Waals surface area contributed by atoms with Crippen molar-refractivity contribution in [2.45, 2.75) is 30.7 Å². The monoisotopic (exact) mass is 523 g/mol. The number of fused-ring (bicyclic) bond motifs is 1. The van der Waals surface area contributed by atoms with E-state index in [-0.39, 0.29) is 35.4 Å². The Bertz CT molecular complexity index is 851. The average Bonchev–Trinajstić information content (AvgIpc) is 2.79. The first-order valence-electron chi connectivity index (χ1n) is 10.2. The molecule has 162 valence electrons. The summed E-state index contributed by atoms with van der Waals surface area (Å²) in [6, 6.07) is 16.5. The molecule has 2 aromatic carbocycles. The van der Waals surface area contributed by atoms with Gasteiger partial charge in [-0.1, -0.05) is 30.3 Å². The summed E-state index contributed by atoms with van der Waals surface area (Å²) >= 11 is 0. The molecule has 2 aliphatic heterocycles. The molecule has 30 heavy (non-hydrogen) atoms. The summed E-state index contributed by atoms with van der Waals surface area (Å²) in [6.45, 7) is 2.78. The highest BCUT2D eigenvalue weighted by Crippen LogP contribution is 2.36. The topological polar surface area (TPSA) is 78.1 Å². The van der Waals surface area contributed by atoms with Crippen molar-refractivity contribution in [2.75, 3.05) is 33.5 Å². The van der Waals surface area contributed by atoms with Gasteiger partial charge in [-0.25, -0.2) is 0 Å². The summed E-state index contributed by atoms with van der Waals surface area (Å²) < 4.78 is 16.7. The molecular weight excluding hydrogens is 493 g/mol. The molecule has 6 nitrogen and oxygen atoms in total. The zero-order chi connectivity index (χ0) is 20.1. The molecule has 1 atom stereocenters. The quantitative estimate of drug-likeness (QED) is 0.355. The number of nitrogens with one attached hydrogen (secondary N) is 1. The Kier molecular flexibility index (Phi) is 7.82. The molecule has 0 amide bonds. The van der Waals surface area contributed by atoms with Gasteiger partial charge in [0.15, 0.2) is 5.96 Å². The molecule has 0 aromatic heterocycles. The van der Waals surface area contributed by atoms with Gasteiger partial charge in [-0.2, -0.15) is 0 Å². The second kappa shape index (κ2) is 10.3. The fourth-order valence-corrected chi connectivity index (χ4v) is 4.20. The van der Waals surface area contributed by atoms with Gasteiger partial charge in [0.2, 0.25) is 0 Å². The Labute approximate surface area is 195 Å². The van der Waals surface area contributed by atoms with E-state index in [1.165, 1.54) is 5.56 Å². The number of nitrogens with zero attached hydrogens (tertiary/aromatic N) is 1. The highest BCUT2D eigenvalue weighted by atomic mass is 127. The molecule has 0 bridgehead atoms. The maximum atomic E-state index is 6.31. The summed E-state index contributed by atoms with van der Waals surface area (Å²) in [5.41, 5.74) is 8.63. The first-order chi connectivity index (χ1) is 14.2. The first-order valence-corrected chi connectivity index (χ1v) is 10.2. The van der Waals surface area contributed by atoms with Crippen LogP contribution < -0.4 is 20.5 Å². The van der Waals surface area contributed by atoms with E-state index in [1.807, 2.05) is 30.3 Å². The number of para-hydroxylation sites is 1. The number of methoxy groups -OCH3 is 1. The third kappa shape index (κ3) is 5.00. The SMILES string of the molecule is COc1ccc(C2(CN=C(N)NC3CCOc4ccccc43)CCOCC2)cc1.I. The fraction of sp³-hybridized carbons (Fsp3) is 0.435. The Morgan fingerprint density at radius 2 is 1.87 bits per heavy atom. The fourth-order valence-electron chi connectivity index (χ4n) is 4.20. The molecular formula is C23H30IN3O3. The molecule has 0 spiro atoms. The normalized spacial score (nSPS) is 20.3. The van der Waals surface area contributed by atoms with Gasteiger partial charge in [0.25, 0.3) is 0 Å². The average molecular weight is 523 g/mol. The Morgan fingerprint density at radius 1 is 1.13 bits per heavy atom. The summed E-state index contributed by atoms with van der Waals surface area (Å²) in [5, 5.41) is 3.40. The lowest BCUT2D eigenvalue weighted by molar-refractivity contribution is 0.0531. The van der Waals surface area contributed by atoms with Crippen LogP contribution in [0.4, 0.5) is 0 Å². The van der Waals surface area contributed by atoms with Crippen LogP contribution in [-0.2, 0) is 10.2 Å². The van der Waals surface area contributed by atoms with Gasteiger partial charge in [0, 0.05) is 30.6 Å². The number of hydrogen-bond donors (Lipinski definition) is 2. The number of hydrogen-bond acceptors (Lipinski definition) is 4. The van der Waals surface area contributed by atoms with E-state index in [4.69, 9.17) is 24.9 Å². The third-order valence-corrected chi connectivity index (χ3v) is 5.98. The van der Waals surface area contributed by atoms with Crippen molar-refractivity contribution >= 4 is 29.9 Å². The van der Waals surface area contributed by atoms with Crippen LogP contribution in [0.2, 0.25) is 0 Å². The Hall–Kier alpha value is -2.00. The molecule has 1 unspecified atom stereocenters. The number of ether oxygens (including phenoxy) is 3. The largest absolute Gasteiger partial charge is 0.497 e. The summed E-state index contributed by atoms with van der Waals surface area (Å²) in [6.07, 6.45) is 2.72. The van der Waals surface area contributed by atoms with E-state index in [0.717, 1.165) is 49.5 Å². The minimum atomic E-state index is -0.0651. The van der Waals surface area contributed by atoms with Crippen molar-refractivity contribution in [3.8, 4) is 11.5 Å². The van der Waals surface area contributed by atoms with Crippen molar-refractivity contribution < 1.29 is 14.2 Å². The molecule has 1 saturated heterocycles. The van der Waals surface area contributed by atoms with Crippen LogP contribution in [0, 0.1) is 0 Å². The lowest BCUT2D eigenvalue weighted by Gasteiger charge is -2.36. The van der Waals surface area contributed by atoms with E-state index in [9.17, 15) is 0 Å². The minimum Gasteiger partial charge on any atom is -0.497 e. The van der Waals surface area contributed by atoms with Gasteiger partial charge >= 0.3 is 0 Å². The molecule has 3 N–H and O–H groups in total. The lowest BCUT2D eigenvalue weighted by atomic mass is 9.74. The maximum absolute atomic E-state index is 6.31. The number of nitrogens with two attached hydrogens (primary N) is 1. The molecule has 2 aromatic rings. The zero-order valence-corrected chi connectivity index (χ0v) is 19.6. The number of benzene rings is 2. The van der Waals surface area contributed by atoms with Crippen LogP contribution in [0.3, 0.4) is 0 Å². The highest BCUT2D eigenvalue weighted by Gasteiger charge is 2.34. The van der Waals surface area contributed by atoms with Crippen molar-refractivity contribution in [1.82, 2.24) is 5.32 Å². The molecule has 7 heteroatoms. The molecule has 0 aliphatic carbocycles. The number of aliphatic imine (C=N–C) groups is 1. The number of rotatable bonds is 5. The van der Waals surface area contributed by atoms with Gasteiger partial charge in [-0.05, 0) is 36.6 Å². The number of halogens is 1. The molecule has 0 saturated carbocycles. The van der Waals surface area contributed by atoms with Gasteiger partial charge in [-0.15, -0.1) is 24.0 Å². The van der Waals surface area contributed by atoms with Crippen molar-refractivity contribution in [3.05, 3.63) is 59.7 Å². The second-order valence-electron chi connectivity index (χ2n) is 7.69. The van der Waals surface area contributed by atoms with E-state index < -0.39 is 0 Å².